The van der Waals surface area contributed by atoms with Crippen molar-refractivity contribution in [3.8, 4) is 0 Å². The van der Waals surface area contributed by atoms with Crippen molar-refractivity contribution in [2.24, 2.45) is 0 Å². The smallest absolute Gasteiger partial charge is 0.338 e. The summed E-state index contributed by atoms with van der Waals surface area (Å²) in [4.78, 5) is 24.6. The molecule has 0 spiro atoms. The summed E-state index contributed by atoms with van der Waals surface area (Å²) in [6.07, 6.45) is 0. The summed E-state index contributed by atoms with van der Waals surface area (Å²) in [5.74, 6) is -0.624. The average molecular weight is 310 g/mol. The number of aryl methyl sites for hydroxylation is 4. The molecule has 0 fully saturated rings. The highest BCUT2D eigenvalue weighted by Gasteiger charge is 2.17. The minimum absolute atomic E-state index is 0.168. The van der Waals surface area contributed by atoms with Gasteiger partial charge in [0.05, 0.1) is 5.56 Å². The van der Waals surface area contributed by atoms with Gasteiger partial charge < -0.3 is 4.74 Å². The number of Topliss-reactive ketones (excluding diaryl/α,β-unsaturated/α-hetero) is 1. The molecule has 0 aliphatic rings. The van der Waals surface area contributed by atoms with Gasteiger partial charge in [-0.3, -0.25) is 4.79 Å². The zero-order valence-electron chi connectivity index (χ0n) is 14.3. The van der Waals surface area contributed by atoms with Gasteiger partial charge >= 0.3 is 5.97 Å². The lowest BCUT2D eigenvalue weighted by atomic mass is 9.97. The van der Waals surface area contributed by atoms with Gasteiger partial charge in [-0.25, -0.2) is 4.79 Å². The van der Waals surface area contributed by atoms with Gasteiger partial charge in [0.1, 0.15) is 0 Å². The predicted molar refractivity (Wildman–Crippen MR) is 91.2 cm³/mol. The maximum Gasteiger partial charge on any atom is 0.338 e. The number of rotatable bonds is 4. The van der Waals surface area contributed by atoms with E-state index in [1.807, 2.05) is 58.9 Å². The highest BCUT2D eigenvalue weighted by atomic mass is 16.5. The van der Waals surface area contributed by atoms with Gasteiger partial charge in [0.15, 0.2) is 6.61 Å². The standard InChI is InChI=1S/C20H22O3/c1-12-9-14(3)19(15(4)10-12)18(21)11-23-20(22)17-8-6-7-13(2)16(17)5/h6-10H,11H2,1-5H3. The Labute approximate surface area is 137 Å². The summed E-state index contributed by atoms with van der Waals surface area (Å²) < 4.78 is 5.23. The van der Waals surface area contributed by atoms with Gasteiger partial charge in [0.25, 0.3) is 0 Å². The number of ketones is 1. The van der Waals surface area contributed by atoms with E-state index >= 15 is 0 Å². The van der Waals surface area contributed by atoms with Gasteiger partial charge in [-0.1, -0.05) is 29.8 Å². The number of hydrogen-bond donors (Lipinski definition) is 0. The van der Waals surface area contributed by atoms with Crippen LogP contribution in [0.15, 0.2) is 30.3 Å². The van der Waals surface area contributed by atoms with E-state index in [1.54, 1.807) is 6.07 Å². The number of esters is 1. The maximum absolute atomic E-state index is 12.4. The van der Waals surface area contributed by atoms with E-state index in [1.165, 1.54) is 0 Å². The first-order valence-electron chi connectivity index (χ1n) is 7.65. The minimum atomic E-state index is -0.457. The summed E-state index contributed by atoms with van der Waals surface area (Å²) in [5.41, 5.74) is 6.00. The Morgan fingerprint density at radius 2 is 1.52 bits per heavy atom. The van der Waals surface area contributed by atoms with E-state index < -0.39 is 5.97 Å². The fourth-order valence-corrected chi connectivity index (χ4v) is 2.87. The molecule has 0 amide bonds. The largest absolute Gasteiger partial charge is 0.454 e. The molecule has 0 bridgehead atoms. The van der Waals surface area contributed by atoms with Crippen LogP contribution < -0.4 is 0 Å². The summed E-state index contributed by atoms with van der Waals surface area (Å²) in [6.45, 7) is 9.38. The van der Waals surface area contributed by atoms with E-state index in [-0.39, 0.29) is 12.4 Å². The first-order chi connectivity index (χ1) is 10.8. The van der Waals surface area contributed by atoms with E-state index in [4.69, 9.17) is 4.74 Å². The van der Waals surface area contributed by atoms with Crippen molar-refractivity contribution in [3.05, 3.63) is 69.3 Å². The molecule has 3 nitrogen and oxygen atoms in total. The van der Waals surface area contributed by atoms with Crippen LogP contribution in [0, 0.1) is 34.6 Å². The first-order valence-corrected chi connectivity index (χ1v) is 7.65. The van der Waals surface area contributed by atoms with Crippen LogP contribution in [0.3, 0.4) is 0 Å². The van der Waals surface area contributed by atoms with E-state index in [2.05, 4.69) is 0 Å². The van der Waals surface area contributed by atoms with E-state index in [9.17, 15) is 9.59 Å². The van der Waals surface area contributed by atoms with Crippen LogP contribution in [0.25, 0.3) is 0 Å². The lowest BCUT2D eigenvalue weighted by Crippen LogP contribution is -2.17. The third kappa shape index (κ3) is 3.67. The van der Waals surface area contributed by atoms with Gasteiger partial charge in [-0.05, 0) is 62.9 Å². The van der Waals surface area contributed by atoms with E-state index in [0.717, 1.165) is 27.8 Å². The number of carbonyl (C=O) groups is 2. The molecule has 0 unspecified atom stereocenters. The average Bonchev–Trinajstić information content (AvgIpc) is 2.46. The third-order valence-electron chi connectivity index (χ3n) is 4.11. The van der Waals surface area contributed by atoms with Crippen LogP contribution in [-0.4, -0.2) is 18.4 Å². The lowest BCUT2D eigenvalue weighted by molar-refractivity contribution is 0.0473. The molecule has 0 aliphatic heterocycles. The second kappa shape index (κ2) is 6.78. The quantitative estimate of drug-likeness (QED) is 0.625. The molecule has 23 heavy (non-hydrogen) atoms. The monoisotopic (exact) mass is 310 g/mol. The molecule has 0 heterocycles. The molecule has 0 N–H and O–H groups in total. The Morgan fingerprint density at radius 1 is 0.913 bits per heavy atom. The summed E-state index contributed by atoms with van der Waals surface area (Å²) in [5, 5.41) is 0. The Balaban J connectivity index is 2.14. The minimum Gasteiger partial charge on any atom is -0.454 e. The summed E-state index contributed by atoms with van der Waals surface area (Å²) in [7, 11) is 0. The molecule has 0 saturated heterocycles. The van der Waals surface area contributed by atoms with Crippen LogP contribution in [0.1, 0.15) is 48.5 Å². The van der Waals surface area contributed by atoms with Crippen molar-refractivity contribution >= 4 is 11.8 Å². The zero-order chi connectivity index (χ0) is 17.1. The van der Waals surface area contributed by atoms with Crippen molar-refractivity contribution in [1.29, 1.82) is 0 Å². The van der Waals surface area contributed by atoms with Crippen molar-refractivity contribution in [3.63, 3.8) is 0 Å². The predicted octanol–water partition coefficient (Wildman–Crippen LogP) is 4.27. The van der Waals surface area contributed by atoms with Crippen LogP contribution in [0.4, 0.5) is 0 Å². The molecule has 2 aromatic rings. The molecule has 0 radical (unpaired) electrons. The molecule has 0 aliphatic carbocycles. The SMILES string of the molecule is Cc1cc(C)c(C(=O)COC(=O)c2cccc(C)c2C)c(C)c1. The van der Waals surface area contributed by atoms with E-state index in [0.29, 0.717) is 11.1 Å². The fraction of sp³-hybridized carbons (Fsp3) is 0.300. The van der Waals surface area contributed by atoms with Crippen LogP contribution in [0.5, 0.6) is 0 Å². The molecule has 0 aromatic heterocycles. The summed E-state index contributed by atoms with van der Waals surface area (Å²) in [6, 6.07) is 9.41. The Bertz CT molecular complexity index is 749. The Morgan fingerprint density at radius 3 is 2.13 bits per heavy atom. The molecular weight excluding hydrogens is 288 g/mol. The van der Waals surface area contributed by atoms with Gasteiger partial charge in [0.2, 0.25) is 5.78 Å². The van der Waals surface area contributed by atoms with Crippen LogP contribution in [-0.2, 0) is 4.74 Å². The Kier molecular flexibility index (Phi) is 4.99. The normalized spacial score (nSPS) is 10.5. The molecular formula is C20H22O3. The van der Waals surface area contributed by atoms with Gasteiger partial charge in [-0.2, -0.15) is 0 Å². The first kappa shape index (κ1) is 16.9. The number of hydrogen-bond acceptors (Lipinski definition) is 3. The van der Waals surface area contributed by atoms with Crippen molar-refractivity contribution in [1.82, 2.24) is 0 Å². The zero-order valence-corrected chi connectivity index (χ0v) is 14.3. The molecule has 120 valence electrons. The summed E-state index contributed by atoms with van der Waals surface area (Å²) >= 11 is 0. The van der Waals surface area contributed by atoms with Crippen LogP contribution in [0.2, 0.25) is 0 Å². The molecule has 0 saturated carbocycles. The van der Waals surface area contributed by atoms with Gasteiger partial charge in [0, 0.05) is 5.56 Å². The Hall–Kier alpha value is -2.42. The van der Waals surface area contributed by atoms with Gasteiger partial charge in [-0.15, -0.1) is 0 Å². The number of carbonyl (C=O) groups excluding carboxylic acids is 2. The second-order valence-corrected chi connectivity index (χ2v) is 6.02. The topological polar surface area (TPSA) is 43.4 Å². The number of benzene rings is 2. The van der Waals surface area contributed by atoms with Crippen molar-refractivity contribution < 1.29 is 14.3 Å². The highest BCUT2D eigenvalue weighted by molar-refractivity contribution is 6.01. The van der Waals surface area contributed by atoms with Crippen molar-refractivity contribution in [2.75, 3.05) is 6.61 Å². The number of ether oxygens (including phenoxy) is 1. The fourth-order valence-electron chi connectivity index (χ4n) is 2.87. The van der Waals surface area contributed by atoms with Crippen molar-refractivity contribution in [2.45, 2.75) is 34.6 Å². The van der Waals surface area contributed by atoms with Crippen LogP contribution >= 0.6 is 0 Å². The lowest BCUT2D eigenvalue weighted by Gasteiger charge is -2.12. The molecule has 0 atom stereocenters. The molecule has 3 heteroatoms. The second-order valence-electron chi connectivity index (χ2n) is 6.02. The molecule has 2 rings (SSSR count). The third-order valence-corrected chi connectivity index (χ3v) is 4.11. The maximum atomic E-state index is 12.4. The molecule has 2 aromatic carbocycles. The highest BCUT2D eigenvalue weighted by Crippen LogP contribution is 2.18.